The predicted molar refractivity (Wildman–Crippen MR) is 112 cm³/mol. The number of carbonyl (C=O) groups excluding carboxylic acids is 2. The van der Waals surface area contributed by atoms with E-state index in [1.54, 1.807) is 6.20 Å². The van der Waals surface area contributed by atoms with Crippen molar-refractivity contribution >= 4 is 11.8 Å². The normalized spacial score (nSPS) is 24.6. The minimum Gasteiger partial charge on any atom is -0.350 e. The van der Waals surface area contributed by atoms with Crippen LogP contribution in [0.15, 0.2) is 24.4 Å². The first-order chi connectivity index (χ1) is 14.2. The second-order valence-electron chi connectivity index (χ2n) is 8.91. The van der Waals surface area contributed by atoms with Gasteiger partial charge in [0, 0.05) is 37.8 Å². The fourth-order valence-corrected chi connectivity index (χ4v) is 5.26. The summed E-state index contributed by atoms with van der Waals surface area (Å²) < 4.78 is 0. The molecule has 29 heavy (non-hydrogen) atoms. The second kappa shape index (κ2) is 9.70. The van der Waals surface area contributed by atoms with Gasteiger partial charge in [0.05, 0.1) is 18.2 Å². The third kappa shape index (κ3) is 5.16. The van der Waals surface area contributed by atoms with E-state index in [0.29, 0.717) is 18.5 Å². The zero-order chi connectivity index (χ0) is 20.1. The molecule has 0 aromatic carbocycles. The van der Waals surface area contributed by atoms with Crippen LogP contribution < -0.4 is 5.32 Å². The van der Waals surface area contributed by atoms with Gasteiger partial charge >= 0.3 is 0 Å². The first-order valence-corrected chi connectivity index (χ1v) is 11.4. The molecule has 1 N–H and O–H groups in total. The largest absolute Gasteiger partial charge is 0.350 e. The lowest BCUT2D eigenvalue weighted by molar-refractivity contribution is -0.137. The van der Waals surface area contributed by atoms with Crippen LogP contribution in [-0.2, 0) is 16.1 Å². The fourth-order valence-electron chi connectivity index (χ4n) is 5.26. The summed E-state index contributed by atoms with van der Waals surface area (Å²) in [6.45, 7) is 4.18. The minimum absolute atomic E-state index is 0.0608. The standard InChI is InChI=1S/C23H34N4O2/c28-22(25-16-20-9-3-4-12-24-20)19-8-5-13-27(17-19)21-10-14-26(15-11-21)23(29)18-6-1-2-7-18/h3-4,9,12,18-19,21H,1-2,5-8,10-11,13-17H2,(H,25,28). The molecule has 1 aromatic heterocycles. The Morgan fingerprint density at radius 3 is 2.45 bits per heavy atom. The van der Waals surface area contributed by atoms with E-state index < -0.39 is 0 Å². The van der Waals surface area contributed by atoms with Crippen molar-refractivity contribution < 1.29 is 9.59 Å². The Hall–Kier alpha value is -1.95. The molecule has 3 heterocycles. The predicted octanol–water partition coefficient (Wildman–Crippen LogP) is 2.59. The van der Waals surface area contributed by atoms with Crippen LogP contribution in [0.4, 0.5) is 0 Å². The van der Waals surface area contributed by atoms with Gasteiger partial charge in [0.2, 0.25) is 11.8 Å². The molecule has 3 aliphatic rings. The average molecular weight is 399 g/mol. The monoisotopic (exact) mass is 398 g/mol. The Bertz CT molecular complexity index is 681. The minimum atomic E-state index is 0.0608. The van der Waals surface area contributed by atoms with Crippen LogP contribution in [0.25, 0.3) is 0 Å². The van der Waals surface area contributed by atoms with Gasteiger partial charge in [-0.1, -0.05) is 18.9 Å². The fraction of sp³-hybridized carbons (Fsp3) is 0.696. The van der Waals surface area contributed by atoms with Gasteiger partial charge in [-0.05, 0) is 57.2 Å². The van der Waals surface area contributed by atoms with Gasteiger partial charge in [0.15, 0.2) is 0 Å². The van der Waals surface area contributed by atoms with Gasteiger partial charge in [0.1, 0.15) is 0 Å². The van der Waals surface area contributed by atoms with Crippen molar-refractivity contribution in [3.05, 3.63) is 30.1 Å². The van der Waals surface area contributed by atoms with Crippen molar-refractivity contribution in [1.82, 2.24) is 20.1 Å². The number of nitrogens with one attached hydrogen (secondary N) is 1. The zero-order valence-electron chi connectivity index (χ0n) is 17.4. The summed E-state index contributed by atoms with van der Waals surface area (Å²) in [5.41, 5.74) is 0.896. The van der Waals surface area contributed by atoms with Crippen LogP contribution in [0.3, 0.4) is 0 Å². The summed E-state index contributed by atoms with van der Waals surface area (Å²) in [7, 11) is 0. The SMILES string of the molecule is O=C(NCc1ccccn1)C1CCCN(C2CCN(C(=O)C3CCCC3)CC2)C1. The topological polar surface area (TPSA) is 65.5 Å². The Kier molecular flexibility index (Phi) is 6.80. The molecule has 1 unspecified atom stereocenters. The van der Waals surface area contributed by atoms with Crippen molar-refractivity contribution in [1.29, 1.82) is 0 Å². The third-order valence-corrected chi connectivity index (χ3v) is 6.99. The smallest absolute Gasteiger partial charge is 0.225 e. The van der Waals surface area contributed by atoms with Gasteiger partial charge in [-0.25, -0.2) is 0 Å². The van der Waals surface area contributed by atoms with Crippen molar-refractivity contribution in [3.63, 3.8) is 0 Å². The number of amides is 2. The number of hydrogen-bond donors (Lipinski definition) is 1. The Morgan fingerprint density at radius 2 is 1.72 bits per heavy atom. The number of piperidine rings is 2. The molecule has 4 rings (SSSR count). The van der Waals surface area contributed by atoms with Crippen LogP contribution in [0.5, 0.6) is 0 Å². The Morgan fingerprint density at radius 1 is 0.966 bits per heavy atom. The molecule has 6 heteroatoms. The van der Waals surface area contributed by atoms with Crippen LogP contribution >= 0.6 is 0 Å². The van der Waals surface area contributed by atoms with E-state index in [9.17, 15) is 9.59 Å². The van der Waals surface area contributed by atoms with Crippen LogP contribution in [0.1, 0.15) is 57.1 Å². The maximum Gasteiger partial charge on any atom is 0.225 e. The maximum absolute atomic E-state index is 12.7. The summed E-state index contributed by atoms with van der Waals surface area (Å²) >= 11 is 0. The van der Waals surface area contributed by atoms with E-state index in [1.807, 2.05) is 18.2 Å². The first-order valence-electron chi connectivity index (χ1n) is 11.4. The third-order valence-electron chi connectivity index (χ3n) is 6.99. The van der Waals surface area contributed by atoms with Crippen molar-refractivity contribution in [2.24, 2.45) is 11.8 Å². The number of hydrogen-bond acceptors (Lipinski definition) is 4. The number of likely N-dealkylation sites (tertiary alicyclic amines) is 2. The Balaban J connectivity index is 1.23. The maximum atomic E-state index is 12.7. The van der Waals surface area contributed by atoms with Crippen molar-refractivity contribution in [2.75, 3.05) is 26.2 Å². The molecule has 158 valence electrons. The summed E-state index contributed by atoms with van der Waals surface area (Å²) in [6.07, 6.45) is 10.5. The van der Waals surface area contributed by atoms with Gasteiger partial charge in [-0.3, -0.25) is 19.5 Å². The highest BCUT2D eigenvalue weighted by molar-refractivity contribution is 5.79. The molecule has 2 aliphatic heterocycles. The molecule has 2 saturated heterocycles. The summed E-state index contributed by atoms with van der Waals surface area (Å²) in [4.78, 5) is 34.2. The average Bonchev–Trinajstić information content (AvgIpc) is 3.33. The molecule has 6 nitrogen and oxygen atoms in total. The van der Waals surface area contributed by atoms with Gasteiger partial charge in [-0.15, -0.1) is 0 Å². The lowest BCUT2D eigenvalue weighted by atomic mass is 9.93. The number of rotatable bonds is 5. The van der Waals surface area contributed by atoms with E-state index >= 15 is 0 Å². The molecule has 1 saturated carbocycles. The quantitative estimate of drug-likeness (QED) is 0.828. The molecule has 3 fully saturated rings. The molecule has 1 aliphatic carbocycles. The molecule has 0 spiro atoms. The van der Waals surface area contributed by atoms with E-state index in [-0.39, 0.29) is 17.7 Å². The van der Waals surface area contributed by atoms with Gasteiger partial charge < -0.3 is 10.2 Å². The second-order valence-corrected chi connectivity index (χ2v) is 8.91. The Labute approximate surface area is 174 Å². The highest BCUT2D eigenvalue weighted by Crippen LogP contribution is 2.29. The van der Waals surface area contributed by atoms with Gasteiger partial charge in [-0.2, -0.15) is 0 Å². The van der Waals surface area contributed by atoms with E-state index in [2.05, 4.69) is 20.1 Å². The zero-order valence-corrected chi connectivity index (χ0v) is 17.4. The molecule has 0 radical (unpaired) electrons. The number of nitrogens with zero attached hydrogens (tertiary/aromatic N) is 3. The van der Waals surface area contributed by atoms with Gasteiger partial charge in [0.25, 0.3) is 0 Å². The summed E-state index contributed by atoms with van der Waals surface area (Å²) in [5, 5.41) is 3.06. The lowest BCUT2D eigenvalue weighted by Crippen LogP contribution is -2.52. The summed E-state index contributed by atoms with van der Waals surface area (Å²) in [6, 6.07) is 6.28. The van der Waals surface area contributed by atoms with E-state index in [1.165, 1.54) is 12.8 Å². The molecule has 0 bridgehead atoms. The number of pyridine rings is 1. The lowest BCUT2D eigenvalue weighted by Gasteiger charge is -2.42. The number of carbonyl (C=O) groups is 2. The molecule has 1 atom stereocenters. The van der Waals surface area contributed by atoms with Crippen LogP contribution in [0, 0.1) is 11.8 Å². The number of aromatic nitrogens is 1. The van der Waals surface area contributed by atoms with E-state index in [4.69, 9.17) is 0 Å². The molecular weight excluding hydrogens is 364 g/mol. The molecule has 2 amide bonds. The van der Waals surface area contributed by atoms with Crippen molar-refractivity contribution in [3.8, 4) is 0 Å². The van der Waals surface area contributed by atoms with Crippen LogP contribution in [0.2, 0.25) is 0 Å². The highest BCUT2D eigenvalue weighted by Gasteiger charge is 2.34. The highest BCUT2D eigenvalue weighted by atomic mass is 16.2. The first kappa shape index (κ1) is 20.3. The van der Waals surface area contributed by atoms with E-state index in [0.717, 1.165) is 70.4 Å². The van der Waals surface area contributed by atoms with Crippen LogP contribution in [-0.4, -0.2) is 58.8 Å². The molecular formula is C23H34N4O2. The summed E-state index contributed by atoms with van der Waals surface area (Å²) in [5.74, 6) is 0.889. The van der Waals surface area contributed by atoms with Crippen molar-refractivity contribution in [2.45, 2.75) is 64.0 Å². The molecule has 1 aromatic rings.